The molecule has 2 amide bonds. The largest absolute Gasteiger partial charge is 0.463 e. The van der Waals surface area contributed by atoms with Gasteiger partial charge in [0.25, 0.3) is 5.91 Å². The van der Waals surface area contributed by atoms with Gasteiger partial charge in [-0.2, -0.15) is 0 Å². The van der Waals surface area contributed by atoms with Crippen LogP contribution >= 0.6 is 0 Å². The van der Waals surface area contributed by atoms with Crippen molar-refractivity contribution in [3.8, 4) is 0 Å². The third kappa shape index (κ3) is 7.16. The van der Waals surface area contributed by atoms with Crippen LogP contribution in [0.2, 0.25) is 0 Å². The van der Waals surface area contributed by atoms with Gasteiger partial charge in [0.2, 0.25) is 5.91 Å². The van der Waals surface area contributed by atoms with Crippen LogP contribution in [0.1, 0.15) is 23.2 Å². The maximum absolute atomic E-state index is 12.9. The Labute approximate surface area is 161 Å². The summed E-state index contributed by atoms with van der Waals surface area (Å²) < 4.78 is 22.6. The maximum Gasteiger partial charge on any atom is 0.306 e. The van der Waals surface area contributed by atoms with Crippen LogP contribution in [0, 0.1) is 5.82 Å². The maximum atomic E-state index is 12.9. The summed E-state index contributed by atoms with van der Waals surface area (Å²) in [5, 5.41) is 5.27. The zero-order valence-electron chi connectivity index (χ0n) is 15.4. The molecule has 0 radical (unpaired) electrons. The van der Waals surface area contributed by atoms with E-state index >= 15 is 0 Å². The standard InChI is InChI=1S/C20H21FN2O5/c1-27-11-12-28-19(25)10-9-18(24)22-17-4-2-3-14(13-17)20(26)23-16-7-5-15(21)6-8-16/h2-8,13H,9-12H2,1H3,(H,22,24)(H,23,26). The van der Waals surface area contributed by atoms with E-state index in [0.29, 0.717) is 23.5 Å². The fraction of sp³-hybridized carbons (Fsp3) is 0.250. The smallest absolute Gasteiger partial charge is 0.306 e. The lowest BCUT2D eigenvalue weighted by atomic mass is 10.1. The highest BCUT2D eigenvalue weighted by molar-refractivity contribution is 6.05. The molecular weight excluding hydrogens is 367 g/mol. The molecule has 0 spiro atoms. The van der Waals surface area contributed by atoms with Crippen molar-refractivity contribution in [1.29, 1.82) is 0 Å². The van der Waals surface area contributed by atoms with E-state index in [9.17, 15) is 18.8 Å². The van der Waals surface area contributed by atoms with Gasteiger partial charge in [0.15, 0.2) is 0 Å². The molecule has 0 saturated heterocycles. The fourth-order valence-electron chi connectivity index (χ4n) is 2.22. The van der Waals surface area contributed by atoms with Crippen molar-refractivity contribution in [1.82, 2.24) is 0 Å². The molecule has 0 atom stereocenters. The van der Waals surface area contributed by atoms with Crippen molar-refractivity contribution in [2.24, 2.45) is 0 Å². The summed E-state index contributed by atoms with van der Waals surface area (Å²) in [5.74, 6) is -1.66. The van der Waals surface area contributed by atoms with E-state index < -0.39 is 17.7 Å². The molecule has 2 aromatic rings. The Morgan fingerprint density at radius 3 is 2.39 bits per heavy atom. The third-order valence-electron chi connectivity index (χ3n) is 3.62. The molecule has 7 nitrogen and oxygen atoms in total. The molecular formula is C20H21FN2O5. The van der Waals surface area contributed by atoms with Crippen molar-refractivity contribution < 1.29 is 28.2 Å². The van der Waals surface area contributed by atoms with Gasteiger partial charge in [-0.1, -0.05) is 6.07 Å². The molecule has 0 saturated carbocycles. The minimum absolute atomic E-state index is 0.0438. The van der Waals surface area contributed by atoms with Crippen LogP contribution < -0.4 is 10.6 Å². The summed E-state index contributed by atoms with van der Waals surface area (Å²) in [7, 11) is 1.50. The second-order valence-electron chi connectivity index (χ2n) is 5.80. The predicted octanol–water partition coefficient (Wildman–Crippen LogP) is 2.99. The zero-order chi connectivity index (χ0) is 20.4. The molecule has 8 heteroatoms. The molecule has 2 aromatic carbocycles. The van der Waals surface area contributed by atoms with E-state index in [-0.39, 0.29) is 25.4 Å². The minimum atomic E-state index is -0.486. The first-order valence-corrected chi connectivity index (χ1v) is 8.59. The minimum Gasteiger partial charge on any atom is -0.463 e. The van der Waals surface area contributed by atoms with Gasteiger partial charge in [0.05, 0.1) is 13.0 Å². The summed E-state index contributed by atoms with van der Waals surface area (Å²) in [6.45, 7) is 0.437. The van der Waals surface area contributed by atoms with Gasteiger partial charge >= 0.3 is 5.97 Å². The zero-order valence-corrected chi connectivity index (χ0v) is 15.4. The average Bonchev–Trinajstić information content (AvgIpc) is 2.68. The summed E-state index contributed by atoms with van der Waals surface area (Å²) in [5.41, 5.74) is 1.19. The first-order valence-electron chi connectivity index (χ1n) is 8.59. The van der Waals surface area contributed by atoms with Gasteiger partial charge in [-0.3, -0.25) is 14.4 Å². The number of hydrogen-bond donors (Lipinski definition) is 2. The molecule has 148 valence electrons. The molecule has 0 heterocycles. The SMILES string of the molecule is COCCOC(=O)CCC(=O)Nc1cccc(C(=O)Nc2ccc(F)cc2)c1. The van der Waals surface area contributed by atoms with Crippen molar-refractivity contribution in [3.05, 3.63) is 59.9 Å². The number of hydrogen-bond acceptors (Lipinski definition) is 5. The predicted molar refractivity (Wildman–Crippen MR) is 101 cm³/mol. The monoisotopic (exact) mass is 388 g/mol. The van der Waals surface area contributed by atoms with Gasteiger partial charge in [0.1, 0.15) is 12.4 Å². The summed E-state index contributed by atoms with van der Waals surface area (Å²) in [6.07, 6.45) is -0.0991. The Morgan fingerprint density at radius 1 is 0.929 bits per heavy atom. The normalized spacial score (nSPS) is 10.2. The van der Waals surface area contributed by atoms with Gasteiger partial charge < -0.3 is 20.1 Å². The Balaban J connectivity index is 1.86. The van der Waals surface area contributed by atoms with Crippen LogP contribution in [0.4, 0.5) is 15.8 Å². The second-order valence-corrected chi connectivity index (χ2v) is 5.80. The van der Waals surface area contributed by atoms with Crippen LogP contribution in [0.15, 0.2) is 48.5 Å². The second kappa shape index (κ2) is 10.8. The van der Waals surface area contributed by atoms with Crippen molar-refractivity contribution in [3.63, 3.8) is 0 Å². The van der Waals surface area contributed by atoms with E-state index in [1.165, 1.54) is 37.4 Å². The third-order valence-corrected chi connectivity index (χ3v) is 3.62. The number of anilines is 2. The molecule has 0 aromatic heterocycles. The van der Waals surface area contributed by atoms with Gasteiger partial charge in [0, 0.05) is 30.5 Å². The summed E-state index contributed by atoms with van der Waals surface area (Å²) in [4.78, 5) is 35.7. The average molecular weight is 388 g/mol. The molecule has 0 aliphatic carbocycles. The van der Waals surface area contributed by atoms with E-state index in [1.807, 2.05) is 0 Å². The van der Waals surface area contributed by atoms with E-state index in [2.05, 4.69) is 10.6 Å². The Hall–Kier alpha value is -3.26. The highest BCUT2D eigenvalue weighted by Gasteiger charge is 2.11. The lowest BCUT2D eigenvalue weighted by molar-refractivity contribution is -0.145. The van der Waals surface area contributed by atoms with Crippen LogP contribution in [-0.2, 0) is 19.1 Å². The number of carbonyl (C=O) groups is 3. The number of halogens is 1. The lowest BCUT2D eigenvalue weighted by Gasteiger charge is -2.09. The van der Waals surface area contributed by atoms with Crippen LogP contribution in [-0.4, -0.2) is 38.1 Å². The number of benzene rings is 2. The summed E-state index contributed by atoms with van der Waals surface area (Å²) in [6, 6.07) is 11.7. The van der Waals surface area contributed by atoms with Crippen molar-refractivity contribution >= 4 is 29.2 Å². The van der Waals surface area contributed by atoms with E-state index in [1.54, 1.807) is 18.2 Å². The van der Waals surface area contributed by atoms with Crippen LogP contribution in [0.25, 0.3) is 0 Å². The first kappa shape index (κ1) is 21.0. The fourth-order valence-corrected chi connectivity index (χ4v) is 2.22. The van der Waals surface area contributed by atoms with Gasteiger partial charge in [-0.25, -0.2) is 4.39 Å². The van der Waals surface area contributed by atoms with Crippen molar-refractivity contribution in [2.45, 2.75) is 12.8 Å². The molecule has 0 aliphatic heterocycles. The molecule has 2 N–H and O–H groups in total. The number of esters is 1. The van der Waals surface area contributed by atoms with Gasteiger partial charge in [-0.05, 0) is 42.5 Å². The van der Waals surface area contributed by atoms with Gasteiger partial charge in [-0.15, -0.1) is 0 Å². The van der Waals surface area contributed by atoms with E-state index in [4.69, 9.17) is 9.47 Å². The first-order chi connectivity index (χ1) is 13.5. The summed E-state index contributed by atoms with van der Waals surface area (Å²) >= 11 is 0. The molecule has 0 aliphatic rings. The molecule has 2 rings (SSSR count). The number of nitrogens with one attached hydrogen (secondary N) is 2. The molecule has 28 heavy (non-hydrogen) atoms. The number of ether oxygens (including phenoxy) is 2. The number of methoxy groups -OCH3 is 1. The highest BCUT2D eigenvalue weighted by Crippen LogP contribution is 2.14. The topological polar surface area (TPSA) is 93.7 Å². The lowest BCUT2D eigenvalue weighted by Crippen LogP contribution is -2.16. The number of rotatable bonds is 9. The van der Waals surface area contributed by atoms with Crippen LogP contribution in [0.5, 0.6) is 0 Å². The Kier molecular flexibility index (Phi) is 8.11. The quantitative estimate of drug-likeness (QED) is 0.509. The van der Waals surface area contributed by atoms with E-state index in [0.717, 1.165) is 0 Å². The van der Waals surface area contributed by atoms with Crippen LogP contribution in [0.3, 0.4) is 0 Å². The molecule has 0 fully saturated rings. The Morgan fingerprint density at radius 2 is 1.68 bits per heavy atom. The highest BCUT2D eigenvalue weighted by atomic mass is 19.1. The molecule has 0 bridgehead atoms. The molecule has 0 unspecified atom stereocenters. The van der Waals surface area contributed by atoms with Crippen molar-refractivity contribution in [2.75, 3.05) is 31.0 Å². The number of amides is 2. The number of carbonyl (C=O) groups excluding carboxylic acids is 3. The Bertz CT molecular complexity index is 824.